The molecule has 0 N–H and O–H groups in total. The summed E-state index contributed by atoms with van der Waals surface area (Å²) in [7, 11) is 0. The minimum absolute atomic E-state index is 0.139. The molecule has 0 saturated carbocycles. The summed E-state index contributed by atoms with van der Waals surface area (Å²) >= 11 is 5.87. The molecule has 0 bridgehead atoms. The van der Waals surface area contributed by atoms with Gasteiger partial charge in [0.2, 0.25) is 0 Å². The van der Waals surface area contributed by atoms with Gasteiger partial charge in [0, 0.05) is 22.8 Å². The standard InChI is InChI=1S/C18H18ClNO/c1-13-4-9-17-15(11-13)3-2-10-20(17)12-18(21)14-5-7-16(19)8-6-14/h4-9,11H,2-3,10,12H2,1H3. The largest absolute Gasteiger partial charge is 0.364 e. The van der Waals surface area contributed by atoms with Crippen LogP contribution in [0.5, 0.6) is 0 Å². The average Bonchev–Trinajstić information content (AvgIpc) is 2.47. The second-order valence-corrected chi connectivity index (χ2v) is 6.02. The van der Waals surface area contributed by atoms with Crippen molar-refractivity contribution in [3.8, 4) is 0 Å². The van der Waals surface area contributed by atoms with Crippen LogP contribution in [0.1, 0.15) is 27.9 Å². The van der Waals surface area contributed by atoms with E-state index >= 15 is 0 Å². The predicted octanol–water partition coefficient (Wildman–Crippen LogP) is 4.28. The van der Waals surface area contributed by atoms with Crippen LogP contribution in [0.25, 0.3) is 0 Å². The Hall–Kier alpha value is -1.80. The molecule has 3 heteroatoms. The van der Waals surface area contributed by atoms with E-state index in [-0.39, 0.29) is 5.78 Å². The van der Waals surface area contributed by atoms with Crippen LogP contribution < -0.4 is 4.90 Å². The SMILES string of the molecule is Cc1ccc2c(c1)CCCN2CC(=O)c1ccc(Cl)cc1. The Labute approximate surface area is 130 Å². The van der Waals surface area contributed by atoms with Gasteiger partial charge in [0.25, 0.3) is 0 Å². The van der Waals surface area contributed by atoms with Gasteiger partial charge in [-0.1, -0.05) is 29.3 Å². The van der Waals surface area contributed by atoms with Gasteiger partial charge in [0.15, 0.2) is 5.78 Å². The Balaban J connectivity index is 1.80. The molecule has 21 heavy (non-hydrogen) atoms. The minimum Gasteiger partial charge on any atom is -0.364 e. The summed E-state index contributed by atoms with van der Waals surface area (Å²) < 4.78 is 0. The molecule has 0 amide bonds. The molecule has 0 saturated heterocycles. The lowest BCUT2D eigenvalue weighted by Crippen LogP contribution is -2.34. The van der Waals surface area contributed by atoms with Crippen molar-refractivity contribution in [2.45, 2.75) is 19.8 Å². The smallest absolute Gasteiger partial charge is 0.182 e. The van der Waals surface area contributed by atoms with Crippen LogP contribution in [0, 0.1) is 6.92 Å². The van der Waals surface area contributed by atoms with Crippen LogP contribution in [0.4, 0.5) is 5.69 Å². The monoisotopic (exact) mass is 299 g/mol. The summed E-state index contributed by atoms with van der Waals surface area (Å²) in [5.41, 5.74) is 4.55. The fourth-order valence-electron chi connectivity index (χ4n) is 2.87. The highest BCUT2D eigenvalue weighted by molar-refractivity contribution is 6.30. The average molecular weight is 300 g/mol. The van der Waals surface area contributed by atoms with Gasteiger partial charge >= 0.3 is 0 Å². The van der Waals surface area contributed by atoms with E-state index in [4.69, 9.17) is 11.6 Å². The van der Waals surface area contributed by atoms with Crippen LogP contribution in [0.3, 0.4) is 0 Å². The quantitative estimate of drug-likeness (QED) is 0.788. The number of benzene rings is 2. The molecule has 108 valence electrons. The van der Waals surface area contributed by atoms with Crippen molar-refractivity contribution in [3.05, 3.63) is 64.2 Å². The van der Waals surface area contributed by atoms with Crippen LogP contribution in [0.15, 0.2) is 42.5 Å². The number of carbonyl (C=O) groups excluding carboxylic acids is 1. The van der Waals surface area contributed by atoms with Crippen molar-refractivity contribution in [2.24, 2.45) is 0 Å². The van der Waals surface area contributed by atoms with Gasteiger partial charge in [-0.25, -0.2) is 0 Å². The summed E-state index contributed by atoms with van der Waals surface area (Å²) in [4.78, 5) is 14.6. The van der Waals surface area contributed by atoms with Crippen LogP contribution >= 0.6 is 11.6 Å². The number of rotatable bonds is 3. The highest BCUT2D eigenvalue weighted by atomic mass is 35.5. The Morgan fingerprint density at radius 1 is 1.19 bits per heavy atom. The maximum Gasteiger partial charge on any atom is 0.182 e. The number of anilines is 1. The number of ketones is 1. The van der Waals surface area contributed by atoms with E-state index in [1.54, 1.807) is 24.3 Å². The van der Waals surface area contributed by atoms with Gasteiger partial charge in [-0.15, -0.1) is 0 Å². The molecule has 1 heterocycles. The molecule has 1 aliphatic heterocycles. The maximum atomic E-state index is 12.4. The number of fused-ring (bicyclic) bond motifs is 1. The molecule has 0 fully saturated rings. The Bertz CT molecular complexity index is 663. The van der Waals surface area contributed by atoms with E-state index in [0.29, 0.717) is 11.6 Å². The van der Waals surface area contributed by atoms with Gasteiger partial charge in [0.1, 0.15) is 0 Å². The molecule has 0 aromatic heterocycles. The lowest BCUT2D eigenvalue weighted by Gasteiger charge is -2.31. The Kier molecular flexibility index (Phi) is 3.98. The molecule has 0 unspecified atom stereocenters. The topological polar surface area (TPSA) is 20.3 Å². The van der Waals surface area contributed by atoms with E-state index in [1.807, 2.05) is 0 Å². The second kappa shape index (κ2) is 5.90. The number of hydrogen-bond donors (Lipinski definition) is 0. The molecule has 0 radical (unpaired) electrons. The maximum absolute atomic E-state index is 12.4. The highest BCUT2D eigenvalue weighted by Crippen LogP contribution is 2.28. The van der Waals surface area contributed by atoms with Crippen molar-refractivity contribution >= 4 is 23.1 Å². The zero-order chi connectivity index (χ0) is 14.8. The van der Waals surface area contributed by atoms with Crippen LogP contribution in [-0.2, 0) is 6.42 Å². The van der Waals surface area contributed by atoms with Crippen molar-refractivity contribution in [1.82, 2.24) is 0 Å². The lowest BCUT2D eigenvalue weighted by molar-refractivity contribution is 0.0998. The summed E-state index contributed by atoms with van der Waals surface area (Å²) in [5.74, 6) is 0.139. The van der Waals surface area contributed by atoms with E-state index in [0.717, 1.165) is 24.9 Å². The highest BCUT2D eigenvalue weighted by Gasteiger charge is 2.19. The first kappa shape index (κ1) is 14.2. The Morgan fingerprint density at radius 2 is 1.95 bits per heavy atom. The molecule has 3 rings (SSSR count). The van der Waals surface area contributed by atoms with Gasteiger partial charge in [-0.2, -0.15) is 0 Å². The molecule has 2 nitrogen and oxygen atoms in total. The first-order chi connectivity index (χ1) is 10.1. The number of aryl methyl sites for hydroxylation is 2. The molecule has 1 aliphatic rings. The van der Waals surface area contributed by atoms with Gasteiger partial charge in [0.05, 0.1) is 6.54 Å². The van der Waals surface area contributed by atoms with Gasteiger partial charge in [-0.3, -0.25) is 4.79 Å². The molecular weight excluding hydrogens is 282 g/mol. The van der Waals surface area contributed by atoms with E-state index in [1.165, 1.54) is 16.8 Å². The summed E-state index contributed by atoms with van der Waals surface area (Å²) in [6, 6.07) is 13.6. The Morgan fingerprint density at radius 3 is 2.71 bits per heavy atom. The summed E-state index contributed by atoms with van der Waals surface area (Å²) in [5, 5.41) is 0.658. The van der Waals surface area contributed by atoms with E-state index < -0.39 is 0 Å². The normalized spacial score (nSPS) is 13.9. The van der Waals surface area contributed by atoms with Gasteiger partial charge in [-0.05, 0) is 55.7 Å². The van der Waals surface area contributed by atoms with E-state index in [9.17, 15) is 4.79 Å². The first-order valence-corrected chi connectivity index (χ1v) is 7.64. The van der Waals surface area contributed by atoms with Crippen molar-refractivity contribution < 1.29 is 4.79 Å². The van der Waals surface area contributed by atoms with Crippen molar-refractivity contribution in [2.75, 3.05) is 18.0 Å². The third kappa shape index (κ3) is 3.11. The summed E-state index contributed by atoms with van der Waals surface area (Å²) in [6.07, 6.45) is 2.20. The second-order valence-electron chi connectivity index (χ2n) is 5.59. The number of halogens is 1. The molecule has 0 atom stereocenters. The predicted molar refractivity (Wildman–Crippen MR) is 87.5 cm³/mol. The van der Waals surface area contributed by atoms with Crippen LogP contribution in [-0.4, -0.2) is 18.9 Å². The molecular formula is C18H18ClNO. The molecule has 2 aromatic rings. The third-order valence-corrected chi connectivity index (χ3v) is 4.20. The fourth-order valence-corrected chi connectivity index (χ4v) is 2.99. The minimum atomic E-state index is 0.139. The molecule has 2 aromatic carbocycles. The zero-order valence-electron chi connectivity index (χ0n) is 12.1. The van der Waals surface area contributed by atoms with Crippen molar-refractivity contribution in [3.63, 3.8) is 0 Å². The van der Waals surface area contributed by atoms with E-state index in [2.05, 4.69) is 30.0 Å². The third-order valence-electron chi connectivity index (χ3n) is 3.95. The summed E-state index contributed by atoms with van der Waals surface area (Å²) in [6.45, 7) is 3.48. The number of hydrogen-bond acceptors (Lipinski definition) is 2. The number of Topliss-reactive ketones (excluding diaryl/α,β-unsaturated/α-hetero) is 1. The fraction of sp³-hybridized carbons (Fsp3) is 0.278. The first-order valence-electron chi connectivity index (χ1n) is 7.27. The van der Waals surface area contributed by atoms with Crippen molar-refractivity contribution in [1.29, 1.82) is 0 Å². The molecule has 0 aliphatic carbocycles. The lowest BCUT2D eigenvalue weighted by atomic mass is 9.99. The zero-order valence-corrected chi connectivity index (χ0v) is 12.9. The van der Waals surface area contributed by atoms with Gasteiger partial charge < -0.3 is 4.90 Å². The van der Waals surface area contributed by atoms with Crippen LogP contribution in [0.2, 0.25) is 5.02 Å². The number of nitrogens with zero attached hydrogens (tertiary/aromatic N) is 1. The molecule has 0 spiro atoms. The number of carbonyl (C=O) groups is 1.